The van der Waals surface area contributed by atoms with E-state index in [1.165, 1.54) is 22.3 Å². The fourth-order valence-corrected chi connectivity index (χ4v) is 4.30. The number of ether oxygens (including phenoxy) is 4. The lowest BCUT2D eigenvalue weighted by Crippen LogP contribution is -2.18. The van der Waals surface area contributed by atoms with Gasteiger partial charge in [0, 0.05) is 0 Å². The van der Waals surface area contributed by atoms with Crippen molar-refractivity contribution in [3.63, 3.8) is 0 Å². The van der Waals surface area contributed by atoms with Crippen LogP contribution in [-0.2, 0) is 22.3 Å². The maximum Gasteiger partial charge on any atom is 0.196 e. The van der Waals surface area contributed by atoms with Gasteiger partial charge in [-0.3, -0.25) is 0 Å². The Hall–Kier alpha value is -2.82. The molecule has 0 spiro atoms. The smallest absolute Gasteiger partial charge is 0.196 e. The predicted molar refractivity (Wildman–Crippen MR) is 156 cm³/mol. The van der Waals surface area contributed by atoms with Gasteiger partial charge in [0.25, 0.3) is 0 Å². The molecule has 3 rings (SSSR count). The van der Waals surface area contributed by atoms with Crippen LogP contribution in [0.3, 0.4) is 0 Å². The van der Waals surface area contributed by atoms with E-state index in [-0.39, 0.29) is 12.6 Å². The summed E-state index contributed by atoms with van der Waals surface area (Å²) < 4.78 is 23.7. The quantitative estimate of drug-likeness (QED) is 0.178. The van der Waals surface area contributed by atoms with Crippen molar-refractivity contribution in [3.05, 3.63) is 95.1 Å². The number of hydrogen-bond acceptors (Lipinski definition) is 4. The molecule has 0 fully saturated rings. The molecule has 0 heterocycles. The molecule has 206 valence electrons. The zero-order chi connectivity index (χ0) is 27.3. The molecule has 3 aromatic rings. The summed E-state index contributed by atoms with van der Waals surface area (Å²) in [5, 5.41) is 0. The second-order valence-corrected chi connectivity index (χ2v) is 10.2. The lowest BCUT2D eigenvalue weighted by Gasteiger charge is -2.17. The van der Waals surface area contributed by atoms with Crippen molar-refractivity contribution in [3.8, 4) is 11.5 Å². The first-order valence-electron chi connectivity index (χ1n) is 14.2. The lowest BCUT2D eigenvalue weighted by atomic mass is 9.99. The molecule has 0 bridgehead atoms. The molecule has 0 aliphatic carbocycles. The molecule has 0 aromatic heterocycles. The molecule has 0 aliphatic heterocycles. The van der Waals surface area contributed by atoms with Crippen LogP contribution in [0.4, 0.5) is 0 Å². The van der Waals surface area contributed by atoms with Crippen molar-refractivity contribution < 1.29 is 18.9 Å². The van der Waals surface area contributed by atoms with Gasteiger partial charge in [0.1, 0.15) is 11.5 Å². The van der Waals surface area contributed by atoms with Gasteiger partial charge in [-0.1, -0.05) is 76.2 Å². The summed E-state index contributed by atoms with van der Waals surface area (Å²) in [5.41, 5.74) is 5.18. The largest absolute Gasteiger partial charge is 0.465 e. The number of hydrogen-bond donors (Lipinski definition) is 0. The maximum atomic E-state index is 5.93. The minimum atomic E-state index is -0.297. The average molecular weight is 519 g/mol. The Bertz CT molecular complexity index is 978. The van der Waals surface area contributed by atoms with Crippen LogP contribution >= 0.6 is 0 Å². The molecule has 0 aliphatic rings. The Morgan fingerprint density at radius 2 is 0.947 bits per heavy atom. The third-order valence-electron chi connectivity index (χ3n) is 7.21. The van der Waals surface area contributed by atoms with Crippen molar-refractivity contribution >= 4 is 0 Å². The van der Waals surface area contributed by atoms with Gasteiger partial charge in [-0.15, -0.1) is 0 Å². The molecule has 4 unspecified atom stereocenters. The molecule has 3 aromatic carbocycles. The molecular weight excluding hydrogens is 472 g/mol. The summed E-state index contributed by atoms with van der Waals surface area (Å²) in [6, 6.07) is 25.3. The Balaban J connectivity index is 1.36. The molecule has 38 heavy (non-hydrogen) atoms. The van der Waals surface area contributed by atoms with Crippen molar-refractivity contribution in [1.29, 1.82) is 0 Å². The fourth-order valence-electron chi connectivity index (χ4n) is 4.30. The van der Waals surface area contributed by atoms with Crippen molar-refractivity contribution in [2.45, 2.75) is 91.6 Å². The average Bonchev–Trinajstić information content (AvgIpc) is 2.93. The van der Waals surface area contributed by atoms with Gasteiger partial charge < -0.3 is 18.9 Å². The predicted octanol–water partition coefficient (Wildman–Crippen LogP) is 8.68. The third-order valence-corrected chi connectivity index (χ3v) is 7.21. The standard InChI is InChI=1S/C34H46O4/c1-7-25(3)31-12-16-33(17-13-31)37-27(5)35-22-20-29-10-9-11-30(24-29)21-23-36-28(6)38-34-18-14-32(15-19-34)26(4)8-2/h9-19,24-28H,7-8,20-23H2,1-6H3. The zero-order valence-electron chi connectivity index (χ0n) is 24.1. The summed E-state index contributed by atoms with van der Waals surface area (Å²) in [6.45, 7) is 14.0. The molecule has 4 atom stereocenters. The molecule has 0 saturated carbocycles. The first-order valence-corrected chi connectivity index (χ1v) is 14.2. The monoisotopic (exact) mass is 518 g/mol. The van der Waals surface area contributed by atoms with E-state index in [0.717, 1.165) is 37.2 Å². The summed E-state index contributed by atoms with van der Waals surface area (Å²) in [5.74, 6) is 2.81. The molecule has 0 radical (unpaired) electrons. The van der Waals surface area contributed by atoms with E-state index in [0.29, 0.717) is 25.0 Å². The van der Waals surface area contributed by atoms with E-state index in [1.54, 1.807) is 0 Å². The molecule has 0 saturated heterocycles. The summed E-state index contributed by atoms with van der Waals surface area (Å²) in [4.78, 5) is 0. The van der Waals surface area contributed by atoms with Crippen LogP contribution < -0.4 is 9.47 Å². The van der Waals surface area contributed by atoms with E-state index >= 15 is 0 Å². The maximum absolute atomic E-state index is 5.93. The highest BCUT2D eigenvalue weighted by molar-refractivity contribution is 5.30. The van der Waals surface area contributed by atoms with Gasteiger partial charge in [0.05, 0.1) is 13.2 Å². The normalized spacial score (nSPS) is 14.5. The van der Waals surface area contributed by atoms with Crippen molar-refractivity contribution in [2.75, 3.05) is 13.2 Å². The topological polar surface area (TPSA) is 36.9 Å². The highest BCUT2D eigenvalue weighted by atomic mass is 16.7. The zero-order valence-corrected chi connectivity index (χ0v) is 24.1. The van der Waals surface area contributed by atoms with Crippen molar-refractivity contribution in [2.24, 2.45) is 0 Å². The van der Waals surface area contributed by atoms with Crippen molar-refractivity contribution in [1.82, 2.24) is 0 Å². The minimum absolute atomic E-state index is 0.297. The Labute approximate surface area is 230 Å². The van der Waals surface area contributed by atoms with Crippen LogP contribution in [0, 0.1) is 0 Å². The van der Waals surface area contributed by atoms with Crippen LogP contribution in [0.1, 0.15) is 88.5 Å². The molecule has 4 heteroatoms. The van der Waals surface area contributed by atoms with E-state index in [9.17, 15) is 0 Å². The fraction of sp³-hybridized carbons (Fsp3) is 0.471. The second kappa shape index (κ2) is 15.6. The molecular formula is C34H46O4. The molecule has 0 N–H and O–H groups in total. The number of benzene rings is 3. The summed E-state index contributed by atoms with van der Waals surface area (Å²) in [7, 11) is 0. The highest BCUT2D eigenvalue weighted by Gasteiger charge is 2.09. The molecule has 4 nitrogen and oxygen atoms in total. The lowest BCUT2D eigenvalue weighted by molar-refractivity contribution is -0.0654. The van der Waals surface area contributed by atoms with Crippen LogP contribution in [0.15, 0.2) is 72.8 Å². The Morgan fingerprint density at radius 1 is 0.553 bits per heavy atom. The first kappa shape index (κ1) is 29.7. The SMILES string of the molecule is CCC(C)c1ccc(OC(C)OCCc2cccc(CCOC(C)Oc3ccc(C(C)CC)cc3)c2)cc1. The van der Waals surface area contributed by atoms with Gasteiger partial charge in [0.2, 0.25) is 0 Å². The highest BCUT2D eigenvalue weighted by Crippen LogP contribution is 2.23. The van der Waals surface area contributed by atoms with E-state index in [4.69, 9.17) is 18.9 Å². The van der Waals surface area contributed by atoms with Gasteiger partial charge in [0.15, 0.2) is 12.6 Å². The van der Waals surface area contributed by atoms with E-state index < -0.39 is 0 Å². The van der Waals surface area contributed by atoms with Crippen LogP contribution in [-0.4, -0.2) is 25.8 Å². The van der Waals surface area contributed by atoms with Gasteiger partial charge in [-0.05, 0) is 97.9 Å². The van der Waals surface area contributed by atoms with E-state index in [2.05, 4.69) is 76.2 Å². The Morgan fingerprint density at radius 3 is 1.32 bits per heavy atom. The van der Waals surface area contributed by atoms with Crippen LogP contribution in [0.25, 0.3) is 0 Å². The van der Waals surface area contributed by atoms with Gasteiger partial charge in [-0.25, -0.2) is 0 Å². The van der Waals surface area contributed by atoms with Gasteiger partial charge >= 0.3 is 0 Å². The number of rotatable bonds is 16. The second-order valence-electron chi connectivity index (χ2n) is 10.2. The van der Waals surface area contributed by atoms with Crippen LogP contribution in [0.5, 0.6) is 11.5 Å². The first-order chi connectivity index (χ1) is 18.4. The third kappa shape index (κ3) is 9.81. The molecule has 0 amide bonds. The Kier molecular flexibility index (Phi) is 12.2. The minimum Gasteiger partial charge on any atom is -0.465 e. The van der Waals surface area contributed by atoms with Gasteiger partial charge in [-0.2, -0.15) is 0 Å². The summed E-state index contributed by atoms with van der Waals surface area (Å²) in [6.07, 6.45) is 3.34. The van der Waals surface area contributed by atoms with E-state index in [1.807, 2.05) is 38.1 Å². The summed E-state index contributed by atoms with van der Waals surface area (Å²) >= 11 is 0. The van der Waals surface area contributed by atoms with Crippen LogP contribution in [0.2, 0.25) is 0 Å².